The molecule has 2 aliphatic rings. The number of fused-ring (bicyclic) bond motifs is 4. The van der Waals surface area contributed by atoms with Crippen LogP contribution in [-0.2, 0) is 19.1 Å². The van der Waals surface area contributed by atoms with Gasteiger partial charge in [0.2, 0.25) is 11.8 Å². The number of imidazole rings is 2. The van der Waals surface area contributed by atoms with E-state index in [-0.39, 0.29) is 47.8 Å². The molecule has 4 N–H and O–H groups in total. The molecular weight excluding hydrogens is 737 g/mol. The maximum atomic E-state index is 13.9. The van der Waals surface area contributed by atoms with Gasteiger partial charge in [-0.15, -0.1) is 0 Å². The van der Waals surface area contributed by atoms with Gasteiger partial charge >= 0.3 is 12.2 Å². The number of aromatic nitrogens is 4. The van der Waals surface area contributed by atoms with E-state index in [9.17, 15) is 19.2 Å². The number of ether oxygens (including phenoxy) is 2. The number of likely N-dealkylation sites (tertiary alicyclic amines) is 2. The van der Waals surface area contributed by atoms with E-state index in [0.717, 1.165) is 75.5 Å². The molecule has 3 aromatic carbocycles. The molecule has 0 radical (unpaired) electrons. The van der Waals surface area contributed by atoms with Crippen molar-refractivity contribution < 1.29 is 28.7 Å². The summed E-state index contributed by atoms with van der Waals surface area (Å²) in [5.74, 6) is 7.49. The van der Waals surface area contributed by atoms with Crippen LogP contribution in [0.1, 0.15) is 102 Å². The first kappa shape index (κ1) is 40.1. The third kappa shape index (κ3) is 7.77. The largest absolute Gasteiger partial charge is 0.453 e. The Hall–Kier alpha value is -6.10. The van der Waals surface area contributed by atoms with Crippen molar-refractivity contribution in [1.82, 2.24) is 40.4 Å². The number of carbonyl (C=O) groups excluding carboxylic acids is 4. The van der Waals surface area contributed by atoms with Crippen LogP contribution in [0.25, 0.3) is 32.8 Å². The zero-order valence-corrected chi connectivity index (χ0v) is 34.3. The topological polar surface area (TPSA) is 175 Å². The number of alkyl carbamates (subject to hydrolysis) is 2. The molecule has 0 spiro atoms. The molecule has 14 heteroatoms. The lowest BCUT2D eigenvalue weighted by molar-refractivity contribution is -0.138. The van der Waals surface area contributed by atoms with Crippen molar-refractivity contribution in [1.29, 1.82) is 0 Å². The highest BCUT2D eigenvalue weighted by Gasteiger charge is 2.42. The Morgan fingerprint density at radius 3 is 1.76 bits per heavy atom. The first-order chi connectivity index (χ1) is 27.8. The number of aromatic amines is 2. The summed E-state index contributed by atoms with van der Waals surface area (Å²) in [6.07, 6.45) is 1.89. The Labute approximate surface area is 337 Å². The first-order valence-electron chi connectivity index (χ1n) is 20.0. The molecule has 0 saturated carbocycles. The van der Waals surface area contributed by atoms with Crippen molar-refractivity contribution in [3.8, 4) is 11.8 Å². The summed E-state index contributed by atoms with van der Waals surface area (Å²) < 4.78 is 9.59. The normalized spacial score (nSPS) is 20.4. The average molecular weight is 789 g/mol. The molecular formula is C44H52N8O6. The molecule has 2 aromatic heterocycles. The van der Waals surface area contributed by atoms with Gasteiger partial charge in [-0.1, -0.05) is 51.7 Å². The molecule has 0 aliphatic carbocycles. The lowest BCUT2D eigenvalue weighted by atomic mass is 10.0. The number of amides is 4. The summed E-state index contributed by atoms with van der Waals surface area (Å²) in [4.78, 5) is 72.4. The van der Waals surface area contributed by atoms with Crippen LogP contribution >= 0.6 is 0 Å². The molecule has 6 atom stereocenters. The molecule has 2 saturated heterocycles. The summed E-state index contributed by atoms with van der Waals surface area (Å²) in [5, 5.41) is 7.41. The third-order valence-electron chi connectivity index (χ3n) is 11.6. The average Bonchev–Trinajstić information content (AvgIpc) is 4.01. The van der Waals surface area contributed by atoms with Crippen molar-refractivity contribution in [3.05, 3.63) is 71.3 Å². The molecule has 0 unspecified atom stereocenters. The Morgan fingerprint density at radius 1 is 0.690 bits per heavy atom. The van der Waals surface area contributed by atoms with Crippen molar-refractivity contribution in [3.63, 3.8) is 0 Å². The number of H-pyrrole nitrogens is 2. The lowest BCUT2D eigenvalue weighted by Crippen LogP contribution is -2.52. The highest BCUT2D eigenvalue weighted by Crippen LogP contribution is 2.39. The number of benzene rings is 3. The van der Waals surface area contributed by atoms with Gasteiger partial charge in [0.25, 0.3) is 0 Å². The van der Waals surface area contributed by atoms with Gasteiger partial charge in [-0.25, -0.2) is 19.6 Å². The third-order valence-corrected chi connectivity index (χ3v) is 11.6. The van der Waals surface area contributed by atoms with Gasteiger partial charge in [-0.2, -0.15) is 0 Å². The van der Waals surface area contributed by atoms with Gasteiger partial charge in [0.15, 0.2) is 0 Å². The zero-order valence-electron chi connectivity index (χ0n) is 34.3. The molecule has 2 aliphatic heterocycles. The molecule has 7 rings (SSSR count). The second-order valence-corrected chi connectivity index (χ2v) is 16.2. The van der Waals surface area contributed by atoms with Crippen LogP contribution in [0.4, 0.5) is 9.59 Å². The number of rotatable bonds is 8. The van der Waals surface area contributed by atoms with E-state index < -0.39 is 24.3 Å². The maximum absolute atomic E-state index is 13.9. The van der Waals surface area contributed by atoms with Crippen LogP contribution in [0.2, 0.25) is 0 Å². The smallest absolute Gasteiger partial charge is 0.407 e. The van der Waals surface area contributed by atoms with Crippen molar-refractivity contribution >= 4 is 56.8 Å². The molecule has 2 fully saturated rings. The highest BCUT2D eigenvalue weighted by atomic mass is 16.5. The standard InChI is InChI=1S/C44H52N8O6/c1-23(2)36(49-43(55)57-7)41(53)51-25(5)9-19-34(51)39-45-31-17-14-28(22-33(31)47-39)12-11-27-13-16-30-29(21-27)15-18-32-38(30)48-40(46-32)35-20-10-26(6)52(35)42(54)37(24(3)4)50-44(56)58-8/h13-18,21-26,34-37H,9-10,19-20H2,1-8H3,(H,45,47)(H,46,48)(H,49,55)(H,50,56)/t25-,26-,34-,35-,36-,37-/m0/s1. The fraction of sp³-hybridized carbons (Fsp3) is 0.455. The first-order valence-corrected chi connectivity index (χ1v) is 20.0. The predicted molar refractivity (Wildman–Crippen MR) is 221 cm³/mol. The van der Waals surface area contributed by atoms with Crippen LogP contribution in [0.5, 0.6) is 0 Å². The Kier molecular flexibility index (Phi) is 11.3. The van der Waals surface area contributed by atoms with Crippen molar-refractivity contribution in [2.75, 3.05) is 14.2 Å². The summed E-state index contributed by atoms with van der Waals surface area (Å²) in [6.45, 7) is 11.7. The summed E-state index contributed by atoms with van der Waals surface area (Å²) in [6, 6.07) is 14.0. The summed E-state index contributed by atoms with van der Waals surface area (Å²) in [5.41, 5.74) is 4.98. The summed E-state index contributed by atoms with van der Waals surface area (Å²) in [7, 11) is 2.58. The number of hydrogen-bond acceptors (Lipinski definition) is 8. The fourth-order valence-electron chi connectivity index (χ4n) is 8.43. The molecule has 14 nitrogen and oxygen atoms in total. The Balaban J connectivity index is 1.10. The van der Waals surface area contributed by atoms with Crippen LogP contribution in [0.15, 0.2) is 48.5 Å². The predicted octanol–water partition coefficient (Wildman–Crippen LogP) is 6.86. The molecule has 0 bridgehead atoms. The van der Waals surface area contributed by atoms with Crippen molar-refractivity contribution in [2.24, 2.45) is 11.8 Å². The molecule has 304 valence electrons. The monoisotopic (exact) mass is 788 g/mol. The van der Waals surface area contributed by atoms with E-state index >= 15 is 0 Å². The highest BCUT2D eigenvalue weighted by molar-refractivity contribution is 6.04. The van der Waals surface area contributed by atoms with E-state index in [4.69, 9.17) is 19.4 Å². The lowest BCUT2D eigenvalue weighted by Gasteiger charge is -2.32. The number of nitrogens with one attached hydrogen (secondary N) is 4. The second-order valence-electron chi connectivity index (χ2n) is 16.2. The minimum absolute atomic E-state index is 0.0149. The summed E-state index contributed by atoms with van der Waals surface area (Å²) >= 11 is 0. The number of methoxy groups -OCH3 is 2. The zero-order chi connectivity index (χ0) is 41.4. The van der Waals surface area contributed by atoms with Crippen LogP contribution < -0.4 is 10.6 Å². The van der Waals surface area contributed by atoms with Crippen LogP contribution in [-0.4, -0.2) is 92.1 Å². The number of hydrogen-bond donors (Lipinski definition) is 4. The number of carbonyl (C=O) groups is 4. The molecule has 4 heterocycles. The van der Waals surface area contributed by atoms with Gasteiger partial charge in [0, 0.05) is 28.6 Å². The minimum atomic E-state index is -0.718. The van der Waals surface area contributed by atoms with E-state index in [1.165, 1.54) is 14.2 Å². The molecule has 58 heavy (non-hydrogen) atoms. The SMILES string of the molecule is COC(=O)N[C@H](C(=O)N1[C@@H](C)CC[C@H]1c1nc2ccc(C#Cc3ccc4c(ccc5[nH]c([C@@H]6CC[C@H](C)N6C(=O)[C@@H](NC(=O)OC)C(C)C)nc54)c3)cc2[nH]1)C(C)C. The molecule has 4 amide bonds. The van der Waals surface area contributed by atoms with Gasteiger partial charge in [0.05, 0.1) is 48.4 Å². The van der Waals surface area contributed by atoms with E-state index in [1.807, 2.05) is 93.8 Å². The second kappa shape index (κ2) is 16.4. The quantitative estimate of drug-likeness (QED) is 0.123. The number of nitrogens with zero attached hydrogens (tertiary/aromatic N) is 4. The Morgan fingerprint density at radius 2 is 1.21 bits per heavy atom. The van der Waals surface area contributed by atoms with Crippen LogP contribution in [0.3, 0.4) is 0 Å². The van der Waals surface area contributed by atoms with Crippen molar-refractivity contribution in [2.45, 2.75) is 103 Å². The van der Waals surface area contributed by atoms with E-state index in [0.29, 0.717) is 5.82 Å². The minimum Gasteiger partial charge on any atom is -0.453 e. The molecule has 5 aromatic rings. The van der Waals surface area contributed by atoms with Gasteiger partial charge in [0.1, 0.15) is 23.7 Å². The van der Waals surface area contributed by atoms with E-state index in [2.05, 4.69) is 38.5 Å². The van der Waals surface area contributed by atoms with Crippen LogP contribution in [0, 0.1) is 23.7 Å². The van der Waals surface area contributed by atoms with Gasteiger partial charge < -0.3 is 39.9 Å². The van der Waals surface area contributed by atoms with E-state index in [1.54, 1.807) is 0 Å². The van der Waals surface area contributed by atoms with Gasteiger partial charge in [-0.3, -0.25) is 9.59 Å². The fourth-order valence-corrected chi connectivity index (χ4v) is 8.43. The Bertz CT molecular complexity index is 2440. The maximum Gasteiger partial charge on any atom is 0.407 e. The van der Waals surface area contributed by atoms with Gasteiger partial charge in [-0.05, 0) is 93.2 Å².